The van der Waals surface area contributed by atoms with Gasteiger partial charge in [-0.2, -0.15) is 0 Å². The van der Waals surface area contributed by atoms with Crippen LogP contribution in [0.4, 0.5) is 0 Å². The van der Waals surface area contributed by atoms with E-state index in [1.807, 2.05) is 12.1 Å². The first-order valence-corrected chi connectivity index (χ1v) is 5.73. The van der Waals surface area contributed by atoms with Crippen molar-refractivity contribution in [3.8, 4) is 11.5 Å². The van der Waals surface area contributed by atoms with Crippen molar-refractivity contribution in [1.82, 2.24) is 0 Å². The second-order valence-corrected chi connectivity index (χ2v) is 4.62. The van der Waals surface area contributed by atoms with Gasteiger partial charge in [0.25, 0.3) is 0 Å². The van der Waals surface area contributed by atoms with Gasteiger partial charge >= 0.3 is 0 Å². The fourth-order valence-electron chi connectivity index (χ4n) is 1.47. The minimum Gasteiger partial charge on any atom is -0.486 e. The van der Waals surface area contributed by atoms with Crippen molar-refractivity contribution in [2.24, 2.45) is 5.73 Å². The Bertz CT molecular complexity index is 409. The van der Waals surface area contributed by atoms with Crippen LogP contribution in [0.2, 0.25) is 0 Å². The van der Waals surface area contributed by atoms with E-state index in [0.29, 0.717) is 24.6 Å². The Morgan fingerprint density at radius 3 is 2.87 bits per heavy atom. The van der Waals surface area contributed by atoms with Crippen LogP contribution < -0.4 is 15.2 Å². The summed E-state index contributed by atoms with van der Waals surface area (Å²) in [5, 5.41) is 0. The summed E-state index contributed by atoms with van der Waals surface area (Å²) in [6.45, 7) is 1.16. The molecular weight excluding hydrogens is 278 g/mol. The molecule has 2 N–H and O–H groups in total. The van der Waals surface area contributed by atoms with Crippen molar-refractivity contribution in [2.45, 2.75) is 6.42 Å². The van der Waals surface area contributed by atoms with E-state index in [9.17, 15) is 0 Å². The number of hydrogen-bond acceptors (Lipinski definition) is 3. The van der Waals surface area contributed by atoms with E-state index in [4.69, 9.17) is 27.4 Å². The third kappa shape index (κ3) is 2.41. The molecule has 0 saturated heterocycles. The summed E-state index contributed by atoms with van der Waals surface area (Å²) >= 11 is 8.30. The summed E-state index contributed by atoms with van der Waals surface area (Å²) in [7, 11) is 0. The highest BCUT2D eigenvalue weighted by Gasteiger charge is 2.16. The van der Waals surface area contributed by atoms with E-state index >= 15 is 0 Å². The Hall–Kier alpha value is -0.810. The molecule has 1 aliphatic rings. The number of thiocarbonyl (C=S) groups is 1. The minimum absolute atomic E-state index is 0.471. The van der Waals surface area contributed by atoms with Crippen LogP contribution in [0.25, 0.3) is 0 Å². The summed E-state index contributed by atoms with van der Waals surface area (Å²) in [4.78, 5) is 0.471. The zero-order chi connectivity index (χ0) is 10.8. The first-order chi connectivity index (χ1) is 7.16. The molecule has 0 saturated carbocycles. The van der Waals surface area contributed by atoms with E-state index in [2.05, 4.69) is 15.9 Å². The van der Waals surface area contributed by atoms with Gasteiger partial charge in [-0.1, -0.05) is 12.2 Å². The van der Waals surface area contributed by atoms with Gasteiger partial charge in [0.1, 0.15) is 13.2 Å². The number of benzene rings is 1. The van der Waals surface area contributed by atoms with Gasteiger partial charge in [0.05, 0.1) is 9.46 Å². The number of fused-ring (bicyclic) bond motifs is 1. The standard InChI is InChI=1S/C10H10BrNO2S/c11-7-3-6(5-9(12)15)4-8-10(7)14-2-1-13-8/h3-4H,1-2,5H2,(H2,12,15). The van der Waals surface area contributed by atoms with E-state index in [1.165, 1.54) is 0 Å². The van der Waals surface area contributed by atoms with Crippen LogP contribution in [0.1, 0.15) is 5.56 Å². The zero-order valence-electron chi connectivity index (χ0n) is 7.96. The van der Waals surface area contributed by atoms with Gasteiger partial charge in [-0.25, -0.2) is 0 Å². The molecule has 0 aromatic heterocycles. The van der Waals surface area contributed by atoms with Gasteiger partial charge < -0.3 is 15.2 Å². The molecule has 3 nitrogen and oxygen atoms in total. The van der Waals surface area contributed by atoms with E-state index in [-0.39, 0.29) is 0 Å². The van der Waals surface area contributed by atoms with Crippen LogP contribution in [0.3, 0.4) is 0 Å². The summed E-state index contributed by atoms with van der Waals surface area (Å²) in [5.74, 6) is 1.51. The van der Waals surface area contributed by atoms with Crippen molar-refractivity contribution in [3.05, 3.63) is 22.2 Å². The maximum atomic E-state index is 5.49. The molecule has 1 aromatic rings. The van der Waals surface area contributed by atoms with Crippen LogP contribution in [0, 0.1) is 0 Å². The maximum absolute atomic E-state index is 5.49. The Morgan fingerprint density at radius 2 is 2.13 bits per heavy atom. The molecule has 1 heterocycles. The minimum atomic E-state index is 0.471. The second kappa shape index (κ2) is 4.37. The molecule has 5 heteroatoms. The maximum Gasteiger partial charge on any atom is 0.175 e. The van der Waals surface area contributed by atoms with Gasteiger partial charge in [0, 0.05) is 6.42 Å². The highest BCUT2D eigenvalue weighted by molar-refractivity contribution is 9.10. The van der Waals surface area contributed by atoms with E-state index < -0.39 is 0 Å². The van der Waals surface area contributed by atoms with Gasteiger partial charge in [-0.3, -0.25) is 0 Å². The van der Waals surface area contributed by atoms with Crippen LogP contribution in [0.15, 0.2) is 16.6 Å². The lowest BCUT2D eigenvalue weighted by molar-refractivity contribution is 0.170. The molecule has 0 amide bonds. The SMILES string of the molecule is NC(=S)Cc1cc(Br)c2c(c1)OCCO2. The predicted molar refractivity (Wildman–Crippen MR) is 65.6 cm³/mol. The molecule has 0 atom stereocenters. The lowest BCUT2D eigenvalue weighted by Gasteiger charge is -2.20. The Balaban J connectivity index is 2.36. The Kier molecular flexibility index (Phi) is 3.11. The average molecular weight is 288 g/mol. The topological polar surface area (TPSA) is 44.5 Å². The first-order valence-electron chi connectivity index (χ1n) is 4.53. The largest absolute Gasteiger partial charge is 0.486 e. The highest BCUT2D eigenvalue weighted by Crippen LogP contribution is 2.38. The number of rotatable bonds is 2. The van der Waals surface area contributed by atoms with Gasteiger partial charge in [0.15, 0.2) is 11.5 Å². The van der Waals surface area contributed by atoms with Crippen molar-refractivity contribution in [2.75, 3.05) is 13.2 Å². The molecule has 0 unspecified atom stereocenters. The number of ether oxygens (including phenoxy) is 2. The quantitative estimate of drug-likeness (QED) is 0.846. The Labute approximate surface area is 102 Å². The predicted octanol–water partition coefficient (Wildman–Crippen LogP) is 2.05. The van der Waals surface area contributed by atoms with Crippen LogP contribution in [-0.4, -0.2) is 18.2 Å². The number of nitrogens with two attached hydrogens (primary N) is 1. The zero-order valence-corrected chi connectivity index (χ0v) is 10.4. The number of hydrogen-bond donors (Lipinski definition) is 1. The van der Waals surface area contributed by atoms with Crippen LogP contribution in [0.5, 0.6) is 11.5 Å². The monoisotopic (exact) mass is 287 g/mol. The normalized spacial score (nSPS) is 13.7. The molecule has 0 bridgehead atoms. The third-order valence-corrected chi connectivity index (χ3v) is 2.77. The Morgan fingerprint density at radius 1 is 1.40 bits per heavy atom. The molecule has 0 fully saturated rings. The summed E-state index contributed by atoms with van der Waals surface area (Å²) < 4.78 is 11.8. The molecule has 15 heavy (non-hydrogen) atoms. The molecule has 1 aliphatic heterocycles. The summed E-state index contributed by atoms with van der Waals surface area (Å²) in [6.07, 6.45) is 0.574. The van der Waals surface area contributed by atoms with Gasteiger partial charge in [-0.05, 0) is 33.6 Å². The molecule has 0 aliphatic carbocycles. The highest BCUT2D eigenvalue weighted by atomic mass is 79.9. The van der Waals surface area contributed by atoms with Gasteiger partial charge in [0.2, 0.25) is 0 Å². The van der Waals surface area contributed by atoms with Crippen molar-refractivity contribution in [3.63, 3.8) is 0 Å². The third-order valence-electron chi connectivity index (χ3n) is 2.03. The van der Waals surface area contributed by atoms with Crippen molar-refractivity contribution >= 4 is 33.1 Å². The van der Waals surface area contributed by atoms with Crippen molar-refractivity contribution in [1.29, 1.82) is 0 Å². The average Bonchev–Trinajstić information content (AvgIpc) is 2.16. The van der Waals surface area contributed by atoms with Crippen LogP contribution in [-0.2, 0) is 6.42 Å². The van der Waals surface area contributed by atoms with E-state index in [0.717, 1.165) is 21.5 Å². The van der Waals surface area contributed by atoms with Crippen molar-refractivity contribution < 1.29 is 9.47 Å². The summed E-state index contributed by atoms with van der Waals surface area (Å²) in [5.41, 5.74) is 6.52. The molecular formula is C10H10BrNO2S. The molecule has 2 rings (SSSR count). The fraction of sp³-hybridized carbons (Fsp3) is 0.300. The smallest absolute Gasteiger partial charge is 0.175 e. The number of halogens is 1. The lowest BCUT2D eigenvalue weighted by atomic mass is 10.1. The fourth-order valence-corrected chi connectivity index (χ4v) is 2.24. The van der Waals surface area contributed by atoms with Crippen LogP contribution >= 0.6 is 28.1 Å². The second-order valence-electron chi connectivity index (χ2n) is 3.24. The summed E-state index contributed by atoms with van der Waals surface area (Å²) in [6, 6.07) is 3.87. The molecule has 80 valence electrons. The molecule has 0 radical (unpaired) electrons. The van der Waals surface area contributed by atoms with Gasteiger partial charge in [-0.15, -0.1) is 0 Å². The van der Waals surface area contributed by atoms with E-state index in [1.54, 1.807) is 0 Å². The molecule has 1 aromatic carbocycles. The lowest BCUT2D eigenvalue weighted by Crippen LogP contribution is -2.17. The molecule has 0 spiro atoms. The first kappa shape index (κ1) is 10.7.